The fourth-order valence-electron chi connectivity index (χ4n) is 10.0. The average molecular weight is 1160 g/mol. The Bertz CT molecular complexity index is 1660. The van der Waals surface area contributed by atoms with Crippen LogP contribution in [0.4, 0.5) is 0 Å². The highest BCUT2D eigenvalue weighted by Crippen LogP contribution is 2.32. The third-order valence-corrected chi connectivity index (χ3v) is 15.1. The Hall–Kier alpha value is -2.68. The fourth-order valence-corrected chi connectivity index (χ4v) is 10.0. The quantitative estimate of drug-likeness (QED) is 0.0239. The Morgan fingerprint density at radius 3 is 1.02 bits per heavy atom. The molecule has 3 saturated heterocycles. The summed E-state index contributed by atoms with van der Waals surface area (Å²) in [6.45, 7) is 13.1. The van der Waals surface area contributed by atoms with E-state index in [1.54, 1.807) is 13.8 Å². The molecule has 0 bridgehead atoms. The number of ether oxygens (including phenoxy) is 8. The molecule has 10 N–H and O–H groups in total. The lowest BCUT2D eigenvalue weighted by molar-refractivity contribution is -0.366. The molecule has 22 heteroatoms. The van der Waals surface area contributed by atoms with E-state index >= 15 is 0 Å². The first kappa shape index (κ1) is 73.4. The van der Waals surface area contributed by atoms with Gasteiger partial charge in [0.1, 0.15) is 67.1 Å². The maximum atomic E-state index is 13.1. The van der Waals surface area contributed by atoms with Crippen molar-refractivity contribution >= 4 is 23.9 Å². The number of esters is 2. The van der Waals surface area contributed by atoms with Crippen LogP contribution in [0.5, 0.6) is 0 Å². The van der Waals surface area contributed by atoms with E-state index < -0.39 is 140 Å². The minimum atomic E-state index is -1.67. The van der Waals surface area contributed by atoms with Crippen molar-refractivity contribution in [3.05, 3.63) is 0 Å². The predicted molar refractivity (Wildman–Crippen MR) is 293 cm³/mol. The molecule has 3 fully saturated rings. The van der Waals surface area contributed by atoms with Gasteiger partial charge in [-0.15, -0.1) is 0 Å². The Morgan fingerprint density at radius 2 is 0.662 bits per heavy atom. The second-order valence-electron chi connectivity index (χ2n) is 22.3. The lowest BCUT2D eigenvalue weighted by atomic mass is 9.97. The molecule has 0 amide bonds. The molecule has 0 aromatic rings. The van der Waals surface area contributed by atoms with Gasteiger partial charge < -0.3 is 89.0 Å². The van der Waals surface area contributed by atoms with Gasteiger partial charge in [0, 0.05) is 0 Å². The normalized spacial score (nSPS) is 30.3. The second kappa shape index (κ2) is 41.4. The van der Waals surface area contributed by atoms with Crippen LogP contribution < -0.4 is 0 Å². The lowest BCUT2D eigenvalue weighted by Gasteiger charge is -2.46. The Morgan fingerprint density at radius 1 is 0.362 bits per heavy atom. The number of rotatable bonds is 40. The monoisotopic (exact) mass is 1150 g/mol. The van der Waals surface area contributed by atoms with Gasteiger partial charge in [-0.2, -0.15) is 0 Å². The zero-order valence-corrected chi connectivity index (χ0v) is 49.1. The summed E-state index contributed by atoms with van der Waals surface area (Å²) in [7, 11) is 0. The third-order valence-electron chi connectivity index (χ3n) is 15.1. The summed E-state index contributed by atoms with van der Waals surface area (Å²) in [6.07, 6.45) is -1.64. The summed E-state index contributed by atoms with van der Waals surface area (Å²) in [5.41, 5.74) is 0. The smallest absolute Gasteiger partial charge is 0.308 e. The number of hydrogen-bond donors (Lipinski definition) is 10. The van der Waals surface area contributed by atoms with E-state index in [4.69, 9.17) is 37.9 Å². The molecule has 3 rings (SSSR count). The number of carboxylic acid groups (broad SMARTS) is 2. The van der Waals surface area contributed by atoms with Crippen LogP contribution in [0.2, 0.25) is 0 Å². The third kappa shape index (κ3) is 28.3. The molecule has 0 saturated carbocycles. The molecule has 0 aromatic carbocycles. The second-order valence-corrected chi connectivity index (χ2v) is 22.3. The largest absolute Gasteiger partial charge is 0.481 e. The maximum absolute atomic E-state index is 13.1. The Kier molecular flexibility index (Phi) is 38.0. The van der Waals surface area contributed by atoms with Crippen LogP contribution >= 0.6 is 0 Å². The van der Waals surface area contributed by atoms with Crippen molar-refractivity contribution in [3.63, 3.8) is 0 Å². The highest BCUT2D eigenvalue weighted by molar-refractivity contribution is 5.72. The van der Waals surface area contributed by atoms with Crippen molar-refractivity contribution in [2.24, 2.45) is 0 Å². The van der Waals surface area contributed by atoms with Gasteiger partial charge in [-0.3, -0.25) is 19.2 Å². The van der Waals surface area contributed by atoms with E-state index in [9.17, 15) is 70.2 Å². The highest BCUT2D eigenvalue weighted by atomic mass is 16.8. The van der Waals surface area contributed by atoms with E-state index in [-0.39, 0.29) is 25.7 Å². The van der Waals surface area contributed by atoms with Crippen LogP contribution in [-0.4, -0.2) is 191 Å². The van der Waals surface area contributed by atoms with Crippen molar-refractivity contribution < 1.29 is 108 Å². The van der Waals surface area contributed by atoms with E-state index in [0.717, 1.165) is 128 Å². The highest BCUT2D eigenvalue weighted by Gasteiger charge is 2.50. The molecular formula is C58H106O22. The van der Waals surface area contributed by atoms with Gasteiger partial charge in [-0.25, -0.2) is 0 Å². The zero-order chi connectivity index (χ0) is 59.7. The molecule has 3 aliphatic rings. The van der Waals surface area contributed by atoms with Crippen molar-refractivity contribution in [3.8, 4) is 0 Å². The number of aliphatic hydroxyl groups excluding tert-OH is 8. The summed E-state index contributed by atoms with van der Waals surface area (Å²) in [6, 6.07) is 0. The first-order valence-corrected chi connectivity index (χ1v) is 30.3. The molecule has 470 valence electrons. The minimum Gasteiger partial charge on any atom is -0.481 e. The Labute approximate surface area is 475 Å². The molecular weight excluding hydrogens is 1050 g/mol. The fraction of sp³-hybridized carbons (Fsp3) is 0.931. The molecule has 0 radical (unpaired) electrons. The van der Waals surface area contributed by atoms with Gasteiger partial charge in [0.05, 0.1) is 56.2 Å². The zero-order valence-electron chi connectivity index (χ0n) is 49.1. The van der Waals surface area contributed by atoms with Gasteiger partial charge >= 0.3 is 23.9 Å². The van der Waals surface area contributed by atoms with Crippen LogP contribution in [0.15, 0.2) is 0 Å². The predicted octanol–water partition coefficient (Wildman–Crippen LogP) is 6.25. The lowest BCUT2D eigenvalue weighted by Crippen LogP contribution is -2.63. The van der Waals surface area contributed by atoms with Crippen LogP contribution in [0.3, 0.4) is 0 Å². The van der Waals surface area contributed by atoms with Crippen LogP contribution in [-0.2, 0) is 57.1 Å². The molecule has 19 atom stereocenters. The van der Waals surface area contributed by atoms with Gasteiger partial charge in [-0.1, -0.05) is 143 Å². The van der Waals surface area contributed by atoms with Crippen LogP contribution in [0, 0.1) is 0 Å². The van der Waals surface area contributed by atoms with Crippen LogP contribution in [0.1, 0.15) is 228 Å². The average Bonchev–Trinajstić information content (AvgIpc) is 3.40. The van der Waals surface area contributed by atoms with Crippen molar-refractivity contribution in [1.82, 2.24) is 0 Å². The van der Waals surface area contributed by atoms with Gasteiger partial charge in [0.2, 0.25) is 0 Å². The number of carbonyl (C=O) groups excluding carboxylic acids is 2. The van der Waals surface area contributed by atoms with E-state index in [1.165, 1.54) is 6.92 Å². The molecule has 22 nitrogen and oxygen atoms in total. The molecule has 80 heavy (non-hydrogen) atoms. The topological polar surface area (TPSA) is 344 Å². The number of hydrogen-bond acceptors (Lipinski definition) is 20. The molecule has 0 aromatic heterocycles. The van der Waals surface area contributed by atoms with Crippen molar-refractivity contribution in [2.45, 2.75) is 345 Å². The summed E-state index contributed by atoms with van der Waals surface area (Å²) in [4.78, 5) is 48.6. The molecule has 0 aliphatic carbocycles. The van der Waals surface area contributed by atoms with Crippen LogP contribution in [0.25, 0.3) is 0 Å². The molecule has 3 aliphatic heterocycles. The summed E-state index contributed by atoms with van der Waals surface area (Å²) in [5, 5.41) is 101. The molecule has 0 spiro atoms. The maximum Gasteiger partial charge on any atom is 0.308 e. The molecule has 19 unspecified atom stereocenters. The van der Waals surface area contributed by atoms with Crippen molar-refractivity contribution in [2.75, 3.05) is 0 Å². The molecule has 3 heterocycles. The summed E-state index contributed by atoms with van der Waals surface area (Å²) >= 11 is 0. The first-order chi connectivity index (χ1) is 38.1. The number of carbonyl (C=O) groups is 4. The number of carboxylic acids is 2. The van der Waals surface area contributed by atoms with Gasteiger partial charge in [-0.05, 0) is 59.3 Å². The Balaban J connectivity index is 0.000000565. The van der Waals surface area contributed by atoms with E-state index in [2.05, 4.69) is 27.7 Å². The standard InChI is InChI=1S/C32H58O13.C26H48O9/c1-5-7-9-11-13-15-21(17-23(33)34)43-24(35)18-22(16-14-12-10-8-6-2)44-32-30(28(39)26(37)20(4)42-32)45-31-29(40)27(38)25(36)19(3)41-31;1-4-6-8-10-12-14-19(16-21(27)28)34-22(29)17-20(15-13-11-9-7-5-2)35-26-25(32)24(31)23(30)18(3)33-26/h19-22,25-32,36-40H,5-18H2,1-4H3,(H,33,34);18-20,23-26,30-32H,4-17H2,1-3H3,(H,27,28). The first-order valence-electron chi connectivity index (χ1n) is 30.3. The summed E-state index contributed by atoms with van der Waals surface area (Å²) < 4.78 is 46.1. The van der Waals surface area contributed by atoms with E-state index in [1.807, 2.05) is 0 Å². The number of aliphatic hydroxyl groups is 8. The van der Waals surface area contributed by atoms with Crippen molar-refractivity contribution in [1.29, 1.82) is 0 Å². The van der Waals surface area contributed by atoms with Gasteiger partial charge in [0.25, 0.3) is 0 Å². The van der Waals surface area contributed by atoms with E-state index in [0.29, 0.717) is 25.7 Å². The van der Waals surface area contributed by atoms with Gasteiger partial charge in [0.15, 0.2) is 18.9 Å². The summed E-state index contributed by atoms with van der Waals surface area (Å²) in [5.74, 6) is -3.24. The number of unbranched alkanes of at least 4 members (excludes halogenated alkanes) is 16. The minimum absolute atomic E-state index is 0.112. The number of aliphatic carboxylic acids is 2. The SMILES string of the molecule is CCCCCCCC(CC(=O)O)OC(=O)CC(CCCCCCC)OC1OC(C)C(O)C(O)C1O.CCCCCCCC(CC(=O)O)OC(=O)CC(CCCCCCC)OC1OC(C)C(O)C(O)C1OC1OC(C)C(O)C(O)C1O.